The zero-order chi connectivity index (χ0) is 8.97. The summed E-state index contributed by atoms with van der Waals surface area (Å²) in [5, 5.41) is 0. The molecule has 1 fully saturated rings. The lowest BCUT2D eigenvalue weighted by Gasteiger charge is -2.44. The molecule has 0 aromatic rings. The normalized spacial score (nSPS) is 22.2. The average molecular weight is 170 g/mol. The summed E-state index contributed by atoms with van der Waals surface area (Å²) in [4.78, 5) is 2.53. The number of likely N-dealkylation sites (tertiary alicyclic amines) is 1. The van der Waals surface area contributed by atoms with Gasteiger partial charge in [-0.15, -0.1) is 0 Å². The first-order valence-corrected chi connectivity index (χ1v) is 5.25. The van der Waals surface area contributed by atoms with E-state index in [0.29, 0.717) is 6.04 Å². The topological polar surface area (TPSA) is 29.3 Å². The number of hydrogen-bond acceptors (Lipinski definition) is 2. The number of nitrogens with zero attached hydrogens (tertiary/aromatic N) is 1. The second-order valence-corrected chi connectivity index (χ2v) is 3.91. The Morgan fingerprint density at radius 3 is 2.50 bits per heavy atom. The molecule has 1 aliphatic rings. The highest BCUT2D eigenvalue weighted by Crippen LogP contribution is 2.23. The van der Waals surface area contributed by atoms with E-state index >= 15 is 0 Å². The lowest BCUT2D eigenvalue weighted by molar-refractivity contribution is 0.0492. The molecule has 2 N–H and O–H groups in total. The highest BCUT2D eigenvalue weighted by molar-refractivity contribution is 4.84. The lowest BCUT2D eigenvalue weighted by atomic mass is 9.92. The van der Waals surface area contributed by atoms with Crippen LogP contribution in [0.4, 0.5) is 0 Å². The zero-order valence-corrected chi connectivity index (χ0v) is 8.42. The molecule has 72 valence electrons. The van der Waals surface area contributed by atoms with E-state index in [1.54, 1.807) is 0 Å². The van der Waals surface area contributed by atoms with Gasteiger partial charge in [-0.25, -0.2) is 0 Å². The molecule has 2 heteroatoms. The molecular weight excluding hydrogens is 148 g/mol. The molecule has 1 saturated heterocycles. The van der Waals surface area contributed by atoms with Crippen LogP contribution in [0.2, 0.25) is 0 Å². The van der Waals surface area contributed by atoms with Crippen molar-refractivity contribution in [3.63, 3.8) is 0 Å². The molecule has 0 aromatic carbocycles. The summed E-state index contributed by atoms with van der Waals surface area (Å²) in [5.74, 6) is 0.968. The molecule has 1 heterocycles. The second kappa shape index (κ2) is 4.83. The molecule has 0 spiro atoms. The van der Waals surface area contributed by atoms with Gasteiger partial charge in [-0.2, -0.15) is 0 Å². The molecule has 1 atom stereocenters. The molecule has 1 rings (SSSR count). The lowest BCUT2D eigenvalue weighted by Crippen LogP contribution is -2.54. The van der Waals surface area contributed by atoms with E-state index in [9.17, 15) is 0 Å². The highest BCUT2D eigenvalue weighted by Gasteiger charge is 2.29. The summed E-state index contributed by atoms with van der Waals surface area (Å²) in [6.07, 6.45) is 3.94. The largest absolute Gasteiger partial charge is 0.329 e. The molecule has 1 aliphatic heterocycles. The van der Waals surface area contributed by atoms with Crippen LogP contribution in [-0.4, -0.2) is 30.6 Å². The highest BCUT2D eigenvalue weighted by atomic mass is 15.2. The summed E-state index contributed by atoms with van der Waals surface area (Å²) >= 11 is 0. The minimum absolute atomic E-state index is 0.651. The van der Waals surface area contributed by atoms with Gasteiger partial charge in [0.1, 0.15) is 0 Å². The van der Waals surface area contributed by atoms with E-state index in [4.69, 9.17) is 5.73 Å². The van der Waals surface area contributed by atoms with Crippen molar-refractivity contribution in [3.05, 3.63) is 0 Å². The predicted octanol–water partition coefficient (Wildman–Crippen LogP) is 1.46. The van der Waals surface area contributed by atoms with Gasteiger partial charge in [0.15, 0.2) is 0 Å². The van der Waals surface area contributed by atoms with Gasteiger partial charge in [0.2, 0.25) is 0 Å². The monoisotopic (exact) mass is 170 g/mol. The zero-order valence-electron chi connectivity index (χ0n) is 8.42. The van der Waals surface area contributed by atoms with Crippen LogP contribution in [0.25, 0.3) is 0 Å². The van der Waals surface area contributed by atoms with Gasteiger partial charge in [0.25, 0.3) is 0 Å². The van der Waals surface area contributed by atoms with E-state index in [2.05, 4.69) is 18.7 Å². The van der Waals surface area contributed by atoms with E-state index in [1.165, 1.54) is 32.4 Å². The van der Waals surface area contributed by atoms with Crippen LogP contribution in [0, 0.1) is 5.92 Å². The van der Waals surface area contributed by atoms with Crippen molar-refractivity contribution >= 4 is 0 Å². The van der Waals surface area contributed by atoms with E-state index in [-0.39, 0.29) is 0 Å². The smallest absolute Gasteiger partial charge is 0.0216 e. The minimum Gasteiger partial charge on any atom is -0.329 e. The van der Waals surface area contributed by atoms with Crippen LogP contribution in [0.1, 0.15) is 33.1 Å². The van der Waals surface area contributed by atoms with Crippen molar-refractivity contribution in [3.8, 4) is 0 Å². The van der Waals surface area contributed by atoms with Crippen molar-refractivity contribution in [2.75, 3.05) is 19.6 Å². The Morgan fingerprint density at radius 2 is 2.08 bits per heavy atom. The van der Waals surface area contributed by atoms with Crippen molar-refractivity contribution < 1.29 is 0 Å². The molecule has 0 saturated carbocycles. The van der Waals surface area contributed by atoms with Crippen LogP contribution < -0.4 is 5.73 Å². The molecule has 1 unspecified atom stereocenters. The first kappa shape index (κ1) is 10.0. The van der Waals surface area contributed by atoms with Gasteiger partial charge in [-0.05, 0) is 18.8 Å². The van der Waals surface area contributed by atoms with E-state index < -0.39 is 0 Å². The molecule has 0 radical (unpaired) electrons. The molecular formula is C10H22N2. The number of nitrogens with two attached hydrogens (primary N) is 1. The van der Waals surface area contributed by atoms with Gasteiger partial charge in [-0.1, -0.05) is 20.3 Å². The third-order valence-electron chi connectivity index (χ3n) is 2.94. The Kier molecular flexibility index (Phi) is 4.02. The third kappa shape index (κ3) is 2.20. The number of hydrogen-bond donors (Lipinski definition) is 1. The molecule has 2 nitrogen and oxygen atoms in total. The van der Waals surface area contributed by atoms with Crippen LogP contribution in [-0.2, 0) is 0 Å². The Hall–Kier alpha value is -0.0800. The van der Waals surface area contributed by atoms with Gasteiger partial charge in [-0.3, -0.25) is 4.90 Å². The minimum atomic E-state index is 0.651. The Bertz CT molecular complexity index is 115. The fourth-order valence-electron chi connectivity index (χ4n) is 2.07. The van der Waals surface area contributed by atoms with Crippen molar-refractivity contribution in [2.24, 2.45) is 11.7 Å². The molecule has 0 aliphatic carbocycles. The summed E-state index contributed by atoms with van der Waals surface area (Å²) in [6.45, 7) is 7.91. The summed E-state index contributed by atoms with van der Waals surface area (Å²) < 4.78 is 0. The first-order chi connectivity index (χ1) is 5.81. The first-order valence-electron chi connectivity index (χ1n) is 5.25. The van der Waals surface area contributed by atoms with Gasteiger partial charge < -0.3 is 5.73 Å². The van der Waals surface area contributed by atoms with Gasteiger partial charge >= 0.3 is 0 Å². The Balaban J connectivity index is 2.14. The van der Waals surface area contributed by atoms with E-state index in [1.807, 2.05) is 0 Å². The number of rotatable bonds is 5. The maximum absolute atomic E-state index is 5.67. The van der Waals surface area contributed by atoms with Crippen LogP contribution in [0.3, 0.4) is 0 Å². The average Bonchev–Trinajstić information content (AvgIpc) is 2.02. The maximum atomic E-state index is 5.67. The molecule has 12 heavy (non-hydrogen) atoms. The van der Waals surface area contributed by atoms with Crippen LogP contribution in [0.5, 0.6) is 0 Å². The van der Waals surface area contributed by atoms with Crippen molar-refractivity contribution in [2.45, 2.75) is 39.2 Å². The molecule has 0 amide bonds. The van der Waals surface area contributed by atoms with Crippen LogP contribution >= 0.6 is 0 Å². The van der Waals surface area contributed by atoms with Crippen molar-refractivity contribution in [1.29, 1.82) is 0 Å². The van der Waals surface area contributed by atoms with Gasteiger partial charge in [0, 0.05) is 25.7 Å². The fourth-order valence-corrected chi connectivity index (χ4v) is 2.07. The molecule has 0 aromatic heterocycles. The maximum Gasteiger partial charge on any atom is 0.0216 e. The van der Waals surface area contributed by atoms with Crippen LogP contribution in [0.15, 0.2) is 0 Å². The van der Waals surface area contributed by atoms with Gasteiger partial charge in [0.05, 0.1) is 0 Å². The standard InChI is InChI=1S/C10H22N2/c1-3-5-9-7-12(8-9)10(4-2)6-11/h9-10H,3-8,11H2,1-2H3. The third-order valence-corrected chi connectivity index (χ3v) is 2.94. The molecule has 0 bridgehead atoms. The fraction of sp³-hybridized carbons (Fsp3) is 1.00. The Morgan fingerprint density at radius 1 is 1.42 bits per heavy atom. The summed E-state index contributed by atoms with van der Waals surface area (Å²) in [6, 6.07) is 0.651. The predicted molar refractivity (Wildman–Crippen MR) is 53.1 cm³/mol. The van der Waals surface area contributed by atoms with Crippen molar-refractivity contribution in [1.82, 2.24) is 4.90 Å². The SMILES string of the molecule is CCCC1CN(C(CC)CN)C1. The Labute approximate surface area is 76.1 Å². The second-order valence-electron chi connectivity index (χ2n) is 3.91. The van der Waals surface area contributed by atoms with E-state index in [0.717, 1.165) is 12.5 Å². The summed E-state index contributed by atoms with van der Waals surface area (Å²) in [5.41, 5.74) is 5.67. The summed E-state index contributed by atoms with van der Waals surface area (Å²) in [7, 11) is 0. The quantitative estimate of drug-likeness (QED) is 0.677.